The number of ether oxygens (including phenoxy) is 3. The molecule has 0 saturated heterocycles. The monoisotopic (exact) mass is 459 g/mol. The van der Waals surface area contributed by atoms with Gasteiger partial charge in [0.2, 0.25) is 0 Å². The number of hydrogen-bond acceptors (Lipinski definition) is 7. The number of methoxy groups -OCH3 is 2. The summed E-state index contributed by atoms with van der Waals surface area (Å²) in [5.41, 5.74) is 0.609. The van der Waals surface area contributed by atoms with Gasteiger partial charge in [0.1, 0.15) is 28.8 Å². The topological polar surface area (TPSA) is 98.8 Å². The smallest absolute Gasteiger partial charge is 0.270 e. The number of hydrogen-bond donors (Lipinski definition) is 2. The zero-order chi connectivity index (χ0) is 22.9. The van der Waals surface area contributed by atoms with E-state index < -0.39 is 5.82 Å². The molecule has 8 nitrogen and oxygen atoms in total. The number of nitrogens with one attached hydrogen (secondary N) is 2. The van der Waals surface area contributed by atoms with Crippen molar-refractivity contribution in [3.8, 4) is 17.2 Å². The number of benzene rings is 2. The van der Waals surface area contributed by atoms with E-state index in [2.05, 4.69) is 15.6 Å². The number of para-hydroxylation sites is 1. The third-order valence-corrected chi connectivity index (χ3v) is 5.10. The standard InChI is InChI=1S/C22H22FN3O5S/c1-29-15-9-14(10-16(11-15)30-2)21(27)24-7-8-25-22(28)18-13-32-20(26-18)12-31-19-6-4-3-5-17(19)23/h3-6,9-11,13H,7-8,12H2,1-2H3,(H,24,27)(H,25,28). The van der Waals surface area contributed by atoms with Gasteiger partial charge in [0.05, 0.1) is 14.2 Å². The minimum Gasteiger partial charge on any atom is -0.497 e. The zero-order valence-corrected chi connectivity index (χ0v) is 18.3. The van der Waals surface area contributed by atoms with Crippen LogP contribution in [-0.2, 0) is 6.61 Å². The Morgan fingerprint density at radius 2 is 1.66 bits per heavy atom. The van der Waals surface area contributed by atoms with Gasteiger partial charge in [-0.1, -0.05) is 12.1 Å². The summed E-state index contributed by atoms with van der Waals surface area (Å²) in [6.45, 7) is 0.487. The molecule has 0 fully saturated rings. The third-order valence-electron chi connectivity index (χ3n) is 4.28. The highest BCUT2D eigenvalue weighted by molar-refractivity contribution is 7.09. The lowest BCUT2D eigenvalue weighted by Crippen LogP contribution is -2.34. The average Bonchev–Trinajstić information content (AvgIpc) is 3.29. The summed E-state index contributed by atoms with van der Waals surface area (Å²) in [5.74, 6) is -0.0369. The molecule has 0 bridgehead atoms. The van der Waals surface area contributed by atoms with Gasteiger partial charge in [-0.2, -0.15) is 0 Å². The van der Waals surface area contributed by atoms with Gasteiger partial charge in [0.15, 0.2) is 11.6 Å². The molecular formula is C22H22FN3O5S. The van der Waals surface area contributed by atoms with Crippen LogP contribution < -0.4 is 24.8 Å². The fourth-order valence-electron chi connectivity index (χ4n) is 2.67. The molecule has 0 spiro atoms. The van der Waals surface area contributed by atoms with E-state index in [0.717, 1.165) is 0 Å². The predicted molar refractivity (Wildman–Crippen MR) is 117 cm³/mol. The number of amides is 2. The van der Waals surface area contributed by atoms with Crippen molar-refractivity contribution in [2.45, 2.75) is 6.61 Å². The lowest BCUT2D eigenvalue weighted by atomic mass is 10.2. The maximum atomic E-state index is 13.6. The second-order valence-corrected chi connectivity index (χ2v) is 7.40. The number of carbonyl (C=O) groups is 2. The lowest BCUT2D eigenvalue weighted by Gasteiger charge is -2.09. The normalized spacial score (nSPS) is 10.3. The van der Waals surface area contributed by atoms with Crippen LogP contribution >= 0.6 is 11.3 Å². The fraction of sp³-hybridized carbons (Fsp3) is 0.227. The Kier molecular flexibility index (Phi) is 7.98. The molecule has 168 valence electrons. The summed E-state index contributed by atoms with van der Waals surface area (Å²) < 4.78 is 29.3. The summed E-state index contributed by atoms with van der Waals surface area (Å²) in [4.78, 5) is 28.8. The van der Waals surface area contributed by atoms with Crippen molar-refractivity contribution in [2.24, 2.45) is 0 Å². The van der Waals surface area contributed by atoms with Gasteiger partial charge in [-0.15, -0.1) is 11.3 Å². The molecule has 2 amide bonds. The Balaban J connectivity index is 1.44. The molecule has 0 aliphatic heterocycles. The first-order valence-electron chi connectivity index (χ1n) is 9.61. The number of carbonyl (C=O) groups excluding carboxylic acids is 2. The van der Waals surface area contributed by atoms with Gasteiger partial charge in [-0.05, 0) is 24.3 Å². The molecule has 0 atom stereocenters. The van der Waals surface area contributed by atoms with Gasteiger partial charge < -0.3 is 24.8 Å². The zero-order valence-electron chi connectivity index (χ0n) is 17.5. The lowest BCUT2D eigenvalue weighted by molar-refractivity contribution is 0.0925. The van der Waals surface area contributed by atoms with E-state index in [1.165, 1.54) is 37.7 Å². The molecule has 3 aromatic rings. The largest absolute Gasteiger partial charge is 0.497 e. The van der Waals surface area contributed by atoms with Crippen LogP contribution in [-0.4, -0.2) is 44.1 Å². The number of nitrogens with zero attached hydrogens (tertiary/aromatic N) is 1. The fourth-order valence-corrected chi connectivity index (χ4v) is 3.35. The highest BCUT2D eigenvalue weighted by atomic mass is 32.1. The molecule has 0 unspecified atom stereocenters. The van der Waals surface area contributed by atoms with Gasteiger partial charge in [0, 0.05) is 30.1 Å². The third kappa shape index (κ3) is 6.17. The van der Waals surface area contributed by atoms with E-state index in [-0.39, 0.29) is 43.0 Å². The number of rotatable bonds is 10. The molecule has 1 aromatic heterocycles. The molecule has 2 aromatic carbocycles. The van der Waals surface area contributed by atoms with Crippen molar-refractivity contribution in [3.63, 3.8) is 0 Å². The number of halogens is 1. The Labute approximate surface area is 188 Å². The average molecular weight is 459 g/mol. The van der Waals surface area contributed by atoms with E-state index >= 15 is 0 Å². The maximum absolute atomic E-state index is 13.6. The van der Waals surface area contributed by atoms with Gasteiger partial charge >= 0.3 is 0 Å². The Bertz CT molecular complexity index is 1070. The summed E-state index contributed by atoms with van der Waals surface area (Å²) in [6.07, 6.45) is 0. The van der Waals surface area contributed by atoms with Crippen LogP contribution in [0.25, 0.3) is 0 Å². The van der Waals surface area contributed by atoms with Crippen molar-refractivity contribution in [2.75, 3.05) is 27.3 Å². The first kappa shape index (κ1) is 23.0. The van der Waals surface area contributed by atoms with E-state index in [4.69, 9.17) is 14.2 Å². The minimum atomic E-state index is -0.462. The maximum Gasteiger partial charge on any atom is 0.270 e. The molecule has 0 aliphatic rings. The van der Waals surface area contributed by atoms with Crippen molar-refractivity contribution < 1.29 is 28.2 Å². The van der Waals surface area contributed by atoms with E-state index in [9.17, 15) is 14.0 Å². The molecule has 10 heteroatoms. The second kappa shape index (κ2) is 11.1. The van der Waals surface area contributed by atoms with Crippen LogP contribution in [0, 0.1) is 5.82 Å². The van der Waals surface area contributed by atoms with Crippen molar-refractivity contribution in [1.29, 1.82) is 0 Å². The van der Waals surface area contributed by atoms with Crippen molar-refractivity contribution in [3.05, 3.63) is 69.9 Å². The van der Waals surface area contributed by atoms with Crippen molar-refractivity contribution in [1.82, 2.24) is 15.6 Å². The van der Waals surface area contributed by atoms with E-state index in [1.807, 2.05) is 0 Å². The summed E-state index contributed by atoms with van der Waals surface area (Å²) in [6, 6.07) is 10.9. The van der Waals surface area contributed by atoms with Crippen molar-refractivity contribution >= 4 is 23.2 Å². The molecule has 2 N–H and O–H groups in total. The quantitative estimate of drug-likeness (QED) is 0.452. The Hall–Kier alpha value is -3.66. The van der Waals surface area contributed by atoms with Gasteiger partial charge in [-0.25, -0.2) is 9.37 Å². The van der Waals surface area contributed by atoms with E-state index in [1.54, 1.807) is 35.7 Å². The van der Waals surface area contributed by atoms with Gasteiger partial charge in [0.25, 0.3) is 11.8 Å². The first-order valence-corrected chi connectivity index (χ1v) is 10.5. The van der Waals surface area contributed by atoms with Crippen LogP contribution in [0.15, 0.2) is 47.8 Å². The van der Waals surface area contributed by atoms with Crippen LogP contribution in [0.5, 0.6) is 17.2 Å². The molecule has 32 heavy (non-hydrogen) atoms. The number of aromatic nitrogens is 1. The first-order chi connectivity index (χ1) is 15.5. The second-order valence-electron chi connectivity index (χ2n) is 6.46. The van der Waals surface area contributed by atoms with Crippen LogP contribution in [0.1, 0.15) is 25.9 Å². The highest BCUT2D eigenvalue weighted by Gasteiger charge is 2.13. The minimum absolute atomic E-state index is 0.0545. The molecule has 0 radical (unpaired) electrons. The Morgan fingerprint density at radius 3 is 2.31 bits per heavy atom. The van der Waals surface area contributed by atoms with Crippen LogP contribution in [0.4, 0.5) is 4.39 Å². The molecule has 0 aliphatic carbocycles. The summed E-state index contributed by atoms with van der Waals surface area (Å²) in [7, 11) is 3.00. The highest BCUT2D eigenvalue weighted by Crippen LogP contribution is 2.22. The van der Waals surface area contributed by atoms with E-state index in [0.29, 0.717) is 22.1 Å². The number of thiazole rings is 1. The molecular weight excluding hydrogens is 437 g/mol. The predicted octanol–water partition coefficient (Wildman–Crippen LogP) is 3.04. The molecule has 3 rings (SSSR count). The summed E-state index contributed by atoms with van der Waals surface area (Å²) >= 11 is 1.24. The molecule has 0 saturated carbocycles. The summed E-state index contributed by atoms with van der Waals surface area (Å²) in [5, 5.41) is 7.54. The van der Waals surface area contributed by atoms with Crippen LogP contribution in [0.3, 0.4) is 0 Å². The Morgan fingerprint density at radius 1 is 1.00 bits per heavy atom. The van der Waals surface area contributed by atoms with Crippen LogP contribution in [0.2, 0.25) is 0 Å². The molecule has 1 heterocycles. The van der Waals surface area contributed by atoms with Gasteiger partial charge in [-0.3, -0.25) is 9.59 Å². The SMILES string of the molecule is COc1cc(OC)cc(C(=O)NCCNC(=O)c2csc(COc3ccccc3F)n2)c1.